The molecule has 2 fully saturated rings. The lowest BCUT2D eigenvalue weighted by molar-refractivity contribution is -0.183. The number of halogens is 3. The number of hydrogen-bond acceptors (Lipinski definition) is 2. The van der Waals surface area contributed by atoms with Crippen LogP contribution in [0.5, 0.6) is 0 Å². The third-order valence-corrected chi connectivity index (χ3v) is 3.58. The first-order valence-electron chi connectivity index (χ1n) is 5.39. The average Bonchev–Trinajstić information content (AvgIpc) is 2.55. The quantitative estimate of drug-likeness (QED) is 0.763. The number of carboxylic acid groups (broad SMARTS) is 1. The number of rotatable bonds is 1. The predicted molar refractivity (Wildman–Crippen MR) is 50.0 cm³/mol. The molecule has 0 spiro atoms. The molecule has 0 bridgehead atoms. The summed E-state index contributed by atoms with van der Waals surface area (Å²) in [6.07, 6.45) is -4.60. The number of piperidine rings is 1. The van der Waals surface area contributed by atoms with Crippen molar-refractivity contribution < 1.29 is 27.9 Å². The van der Waals surface area contributed by atoms with Crippen LogP contribution in [-0.4, -0.2) is 40.6 Å². The fraction of sp³-hybridized carbons (Fsp3) is 0.800. The second-order valence-corrected chi connectivity index (χ2v) is 4.58. The third-order valence-electron chi connectivity index (χ3n) is 3.58. The van der Waals surface area contributed by atoms with E-state index in [4.69, 9.17) is 5.11 Å². The van der Waals surface area contributed by atoms with Crippen molar-refractivity contribution in [3.05, 3.63) is 0 Å². The molecule has 0 aliphatic carbocycles. The van der Waals surface area contributed by atoms with Crippen molar-refractivity contribution in [3.8, 4) is 0 Å². The van der Waals surface area contributed by atoms with Gasteiger partial charge in [-0.1, -0.05) is 0 Å². The molecular weight excluding hydrogens is 239 g/mol. The van der Waals surface area contributed by atoms with Crippen LogP contribution in [0.15, 0.2) is 0 Å². The van der Waals surface area contributed by atoms with Crippen LogP contribution in [0.2, 0.25) is 0 Å². The largest absolute Gasteiger partial charge is 0.481 e. The van der Waals surface area contributed by atoms with E-state index in [0.717, 1.165) is 4.90 Å². The van der Waals surface area contributed by atoms with E-state index in [-0.39, 0.29) is 19.4 Å². The number of carbonyl (C=O) groups is 2. The zero-order chi connectivity index (χ0) is 12.8. The molecule has 17 heavy (non-hydrogen) atoms. The van der Waals surface area contributed by atoms with E-state index in [1.807, 2.05) is 0 Å². The van der Waals surface area contributed by atoms with Gasteiger partial charge in [-0.3, -0.25) is 9.59 Å². The summed E-state index contributed by atoms with van der Waals surface area (Å²) in [4.78, 5) is 23.3. The highest BCUT2D eigenvalue weighted by Gasteiger charge is 2.55. The zero-order valence-electron chi connectivity index (χ0n) is 8.91. The Morgan fingerprint density at radius 2 is 2.00 bits per heavy atom. The Balaban J connectivity index is 2.15. The Morgan fingerprint density at radius 3 is 2.53 bits per heavy atom. The molecule has 0 saturated carbocycles. The molecule has 1 N–H and O–H groups in total. The van der Waals surface area contributed by atoms with Gasteiger partial charge in [0.25, 0.3) is 0 Å². The van der Waals surface area contributed by atoms with E-state index < -0.39 is 42.4 Å². The highest BCUT2D eigenvalue weighted by atomic mass is 19.4. The van der Waals surface area contributed by atoms with E-state index >= 15 is 0 Å². The number of carbonyl (C=O) groups excluding carboxylic acids is 1. The van der Waals surface area contributed by atoms with E-state index in [1.54, 1.807) is 0 Å². The van der Waals surface area contributed by atoms with Gasteiger partial charge in [-0.2, -0.15) is 13.2 Å². The summed E-state index contributed by atoms with van der Waals surface area (Å²) in [6.45, 7) is -0.0919. The van der Waals surface area contributed by atoms with Gasteiger partial charge in [0.1, 0.15) is 0 Å². The first-order chi connectivity index (χ1) is 7.80. The van der Waals surface area contributed by atoms with E-state index in [0.29, 0.717) is 0 Å². The van der Waals surface area contributed by atoms with Crippen LogP contribution in [-0.2, 0) is 9.59 Å². The molecule has 7 heteroatoms. The van der Waals surface area contributed by atoms with Gasteiger partial charge in [0, 0.05) is 19.0 Å². The van der Waals surface area contributed by atoms with Crippen LogP contribution in [0.3, 0.4) is 0 Å². The molecule has 0 radical (unpaired) electrons. The second kappa shape index (κ2) is 3.89. The van der Waals surface area contributed by atoms with Gasteiger partial charge in [0.15, 0.2) is 0 Å². The normalized spacial score (nSPS) is 33.7. The van der Waals surface area contributed by atoms with Crippen molar-refractivity contribution in [2.45, 2.75) is 31.5 Å². The lowest BCUT2D eigenvalue weighted by Crippen LogP contribution is -2.47. The van der Waals surface area contributed by atoms with Gasteiger partial charge in [-0.15, -0.1) is 0 Å². The Labute approximate surface area is 95.4 Å². The van der Waals surface area contributed by atoms with E-state index in [2.05, 4.69) is 0 Å². The van der Waals surface area contributed by atoms with Crippen LogP contribution in [0.4, 0.5) is 13.2 Å². The van der Waals surface area contributed by atoms with Crippen molar-refractivity contribution >= 4 is 11.9 Å². The molecule has 2 heterocycles. The lowest BCUT2D eigenvalue weighted by Gasteiger charge is -2.35. The van der Waals surface area contributed by atoms with Gasteiger partial charge in [-0.05, 0) is 12.8 Å². The molecule has 0 aromatic carbocycles. The van der Waals surface area contributed by atoms with Gasteiger partial charge in [0.2, 0.25) is 5.91 Å². The Hall–Kier alpha value is -1.27. The standard InChI is InChI=1S/C10H12F3NO3/c11-10(12,13)6-3-8(15)14-4-5(9(16)17)1-2-7(6)14/h5-7H,1-4H2,(H,16,17). The summed E-state index contributed by atoms with van der Waals surface area (Å²) in [5, 5.41) is 8.81. The molecule has 0 aromatic rings. The van der Waals surface area contributed by atoms with Crippen LogP contribution < -0.4 is 0 Å². The number of aliphatic carboxylic acids is 1. The Kier molecular flexibility index (Phi) is 2.79. The molecule has 0 aromatic heterocycles. The monoisotopic (exact) mass is 251 g/mol. The maximum Gasteiger partial charge on any atom is 0.394 e. The summed E-state index contributed by atoms with van der Waals surface area (Å²) in [7, 11) is 0. The fourth-order valence-electron chi connectivity index (χ4n) is 2.67. The van der Waals surface area contributed by atoms with Crippen molar-refractivity contribution in [2.75, 3.05) is 6.54 Å². The molecular formula is C10H12F3NO3. The number of hydrogen-bond donors (Lipinski definition) is 1. The maximum atomic E-state index is 12.7. The summed E-state index contributed by atoms with van der Waals surface area (Å²) < 4.78 is 38.0. The maximum absolute atomic E-state index is 12.7. The van der Waals surface area contributed by atoms with Crippen molar-refractivity contribution in [1.29, 1.82) is 0 Å². The second-order valence-electron chi connectivity index (χ2n) is 4.58. The summed E-state index contributed by atoms with van der Waals surface area (Å²) in [5.74, 6) is -4.00. The van der Waals surface area contributed by atoms with Crippen molar-refractivity contribution in [1.82, 2.24) is 4.90 Å². The molecule has 2 rings (SSSR count). The highest BCUT2D eigenvalue weighted by molar-refractivity contribution is 5.81. The number of carboxylic acids is 1. The highest BCUT2D eigenvalue weighted by Crippen LogP contribution is 2.43. The minimum absolute atomic E-state index is 0.0919. The topological polar surface area (TPSA) is 57.6 Å². The fourth-order valence-corrected chi connectivity index (χ4v) is 2.67. The number of amides is 1. The SMILES string of the molecule is O=C(O)C1CCC2C(C(F)(F)F)CC(=O)N2C1. The van der Waals surface area contributed by atoms with E-state index in [9.17, 15) is 22.8 Å². The first-order valence-corrected chi connectivity index (χ1v) is 5.39. The molecule has 96 valence electrons. The Bertz CT molecular complexity index is 355. The first kappa shape index (κ1) is 12.2. The van der Waals surface area contributed by atoms with Crippen molar-refractivity contribution in [3.63, 3.8) is 0 Å². The summed E-state index contributed by atoms with van der Waals surface area (Å²) in [5.41, 5.74) is 0. The predicted octanol–water partition coefficient (Wildman–Crippen LogP) is 1.26. The molecule has 1 amide bonds. The molecule has 3 atom stereocenters. The molecule has 2 saturated heterocycles. The third kappa shape index (κ3) is 2.10. The minimum atomic E-state index is -4.38. The summed E-state index contributed by atoms with van der Waals surface area (Å²) in [6, 6.07) is -0.863. The zero-order valence-corrected chi connectivity index (χ0v) is 8.91. The van der Waals surface area contributed by atoms with E-state index in [1.165, 1.54) is 0 Å². The van der Waals surface area contributed by atoms with Crippen LogP contribution in [0, 0.1) is 11.8 Å². The lowest BCUT2D eigenvalue weighted by atomic mass is 9.88. The molecule has 3 unspecified atom stereocenters. The van der Waals surface area contributed by atoms with Crippen LogP contribution in [0.25, 0.3) is 0 Å². The number of fused-ring (bicyclic) bond motifs is 1. The van der Waals surface area contributed by atoms with Gasteiger partial charge < -0.3 is 10.0 Å². The van der Waals surface area contributed by atoms with Gasteiger partial charge in [0.05, 0.1) is 11.8 Å². The van der Waals surface area contributed by atoms with Gasteiger partial charge >= 0.3 is 12.1 Å². The van der Waals surface area contributed by atoms with Crippen LogP contribution >= 0.6 is 0 Å². The van der Waals surface area contributed by atoms with Gasteiger partial charge in [-0.25, -0.2) is 0 Å². The summed E-state index contributed by atoms with van der Waals surface area (Å²) >= 11 is 0. The van der Waals surface area contributed by atoms with Crippen molar-refractivity contribution in [2.24, 2.45) is 11.8 Å². The number of alkyl halides is 3. The Morgan fingerprint density at radius 1 is 1.35 bits per heavy atom. The molecule has 2 aliphatic rings. The average molecular weight is 251 g/mol. The minimum Gasteiger partial charge on any atom is -0.481 e. The molecule has 2 aliphatic heterocycles. The molecule has 4 nitrogen and oxygen atoms in total. The van der Waals surface area contributed by atoms with Crippen LogP contribution in [0.1, 0.15) is 19.3 Å². The number of nitrogens with zero attached hydrogens (tertiary/aromatic N) is 1. The smallest absolute Gasteiger partial charge is 0.394 e.